The van der Waals surface area contributed by atoms with Gasteiger partial charge in [-0.05, 0) is 86.2 Å². The van der Waals surface area contributed by atoms with Gasteiger partial charge in [0, 0.05) is 36.2 Å². The van der Waals surface area contributed by atoms with Crippen LogP contribution in [0.25, 0.3) is 5.69 Å². The van der Waals surface area contributed by atoms with Crippen molar-refractivity contribution in [3.63, 3.8) is 0 Å². The highest BCUT2D eigenvalue weighted by Crippen LogP contribution is 2.42. The van der Waals surface area contributed by atoms with Gasteiger partial charge in [-0.2, -0.15) is 0 Å². The number of nitrogens with one attached hydrogen (secondary N) is 2. The van der Waals surface area contributed by atoms with Gasteiger partial charge in [0.25, 0.3) is 5.69 Å². The summed E-state index contributed by atoms with van der Waals surface area (Å²) in [4.78, 5) is 30.9. The van der Waals surface area contributed by atoms with Crippen molar-refractivity contribution in [1.82, 2.24) is 19.8 Å². The molecule has 3 heterocycles. The Labute approximate surface area is 247 Å². The van der Waals surface area contributed by atoms with E-state index in [0.29, 0.717) is 28.8 Å². The smallest absolute Gasteiger partial charge is 0.296 e. The summed E-state index contributed by atoms with van der Waals surface area (Å²) in [5.41, 5.74) is 4.06. The van der Waals surface area contributed by atoms with Crippen molar-refractivity contribution in [2.24, 2.45) is 0 Å². The summed E-state index contributed by atoms with van der Waals surface area (Å²) >= 11 is 5.75. The molecule has 1 amide bonds. The molecule has 0 aliphatic carbocycles. The van der Waals surface area contributed by atoms with Crippen molar-refractivity contribution in [1.29, 1.82) is 0 Å². The first-order chi connectivity index (χ1) is 20.2. The van der Waals surface area contributed by atoms with Gasteiger partial charge in [0.05, 0.1) is 35.9 Å². The van der Waals surface area contributed by atoms with Crippen LogP contribution in [-0.2, 0) is 4.79 Å². The minimum atomic E-state index is -0.425. The number of carbonyl (C=O) groups is 1. The van der Waals surface area contributed by atoms with Crippen molar-refractivity contribution in [2.75, 3.05) is 19.0 Å². The Balaban J connectivity index is 1.51. The summed E-state index contributed by atoms with van der Waals surface area (Å²) in [6.45, 7) is 4.09. The lowest BCUT2D eigenvalue weighted by molar-refractivity contribution is -0.384. The van der Waals surface area contributed by atoms with Gasteiger partial charge in [0.15, 0.2) is 5.11 Å². The predicted octanol–water partition coefficient (Wildman–Crippen LogP) is 5.55. The third-order valence-corrected chi connectivity index (χ3v) is 7.67. The van der Waals surface area contributed by atoms with Crippen LogP contribution >= 0.6 is 12.2 Å². The zero-order chi connectivity index (χ0) is 30.0. The maximum Gasteiger partial charge on any atom is 0.296 e. The second-order valence-corrected chi connectivity index (χ2v) is 10.3. The van der Waals surface area contributed by atoms with E-state index in [2.05, 4.69) is 15.6 Å². The second-order valence-electron chi connectivity index (χ2n) is 9.90. The number of pyridine rings is 1. The number of aryl methyl sites for hydroxylation is 1. The van der Waals surface area contributed by atoms with Crippen molar-refractivity contribution >= 4 is 34.6 Å². The number of methoxy groups -OCH3 is 1. The molecule has 2 aromatic carbocycles. The first-order valence-corrected chi connectivity index (χ1v) is 13.6. The first kappa shape index (κ1) is 28.7. The van der Waals surface area contributed by atoms with Crippen molar-refractivity contribution in [3.05, 3.63) is 112 Å². The molecular weight excluding hydrogens is 559 g/mol. The number of hydrogen-bond acceptors (Lipinski definition) is 6. The molecule has 12 heteroatoms. The van der Waals surface area contributed by atoms with E-state index in [9.17, 15) is 19.3 Å². The predicted molar refractivity (Wildman–Crippen MR) is 160 cm³/mol. The molecule has 10 nitrogen and oxygen atoms in total. The van der Waals surface area contributed by atoms with E-state index in [1.54, 1.807) is 18.3 Å². The molecule has 42 heavy (non-hydrogen) atoms. The maximum atomic E-state index is 13.3. The first-order valence-electron chi connectivity index (χ1n) is 13.2. The van der Waals surface area contributed by atoms with Gasteiger partial charge in [-0.15, -0.1) is 0 Å². The zero-order valence-electron chi connectivity index (χ0n) is 23.2. The standard InChI is InChI=1S/C30H29FN6O4S/c1-18-16-23(19(2)36(18)25-12-11-22(41-3)17-26(25)37(39)40)29-28(24-6-4-5-14-32-24)34-30(42)35(29)15-13-27(38)33-21-9-7-20(31)8-10-21/h4-12,14,16-17,28-29H,13,15H2,1-3H3,(H,33,38)(H,34,42)/t28-,29+/m0/s1. The van der Waals surface area contributed by atoms with Gasteiger partial charge >= 0.3 is 0 Å². The fraction of sp³-hybridized carbons (Fsp3) is 0.233. The molecule has 216 valence electrons. The highest BCUT2D eigenvalue weighted by Gasteiger charge is 2.41. The van der Waals surface area contributed by atoms with Crippen LogP contribution in [0.3, 0.4) is 0 Å². The molecule has 0 radical (unpaired) electrons. The van der Waals surface area contributed by atoms with Crippen LogP contribution in [0.2, 0.25) is 0 Å². The number of ether oxygens (including phenoxy) is 1. The van der Waals surface area contributed by atoms with Crippen LogP contribution < -0.4 is 15.4 Å². The number of thiocarbonyl (C=S) groups is 1. The molecule has 0 unspecified atom stereocenters. The Kier molecular flexibility index (Phi) is 8.16. The number of benzene rings is 2. The molecular formula is C30H29FN6O4S. The Hall–Kier alpha value is -4.84. The van der Waals surface area contributed by atoms with Crippen LogP contribution in [0.5, 0.6) is 5.75 Å². The SMILES string of the molecule is COc1ccc(-n2c(C)cc([C@@H]3[C@H](c4ccccn4)NC(=S)N3CCC(=O)Nc3ccc(F)cc3)c2C)c([N+](=O)[O-])c1. The lowest BCUT2D eigenvalue weighted by Crippen LogP contribution is -2.32. The van der Waals surface area contributed by atoms with Crippen LogP contribution in [-0.4, -0.2) is 44.0 Å². The second kappa shape index (κ2) is 12.0. The summed E-state index contributed by atoms with van der Waals surface area (Å²) in [5, 5.41) is 18.6. The third-order valence-electron chi connectivity index (χ3n) is 7.31. The fourth-order valence-corrected chi connectivity index (χ4v) is 5.72. The lowest BCUT2D eigenvalue weighted by Gasteiger charge is -2.28. The molecule has 0 bridgehead atoms. The number of nitrogens with zero attached hydrogens (tertiary/aromatic N) is 4. The number of nitro benzene ring substituents is 1. The molecule has 2 atom stereocenters. The molecule has 2 N–H and O–H groups in total. The highest BCUT2D eigenvalue weighted by atomic mass is 32.1. The average Bonchev–Trinajstić information content (AvgIpc) is 3.47. The number of rotatable bonds is 9. The number of nitro groups is 1. The lowest BCUT2D eigenvalue weighted by atomic mass is 9.96. The van der Waals surface area contributed by atoms with Crippen LogP contribution in [0.4, 0.5) is 15.8 Å². The molecule has 0 saturated carbocycles. The minimum Gasteiger partial charge on any atom is -0.496 e. The summed E-state index contributed by atoms with van der Waals surface area (Å²) in [5.74, 6) is -0.245. The van der Waals surface area contributed by atoms with Gasteiger partial charge in [-0.3, -0.25) is 19.9 Å². The number of carbonyl (C=O) groups excluding carboxylic acids is 1. The van der Waals surface area contributed by atoms with Crippen molar-refractivity contribution < 1.29 is 18.8 Å². The minimum absolute atomic E-state index is 0.0848. The molecule has 1 aliphatic rings. The fourth-order valence-electron chi connectivity index (χ4n) is 5.39. The molecule has 5 rings (SSSR count). The Morgan fingerprint density at radius 3 is 2.60 bits per heavy atom. The molecule has 1 saturated heterocycles. The molecule has 1 aliphatic heterocycles. The molecule has 0 spiro atoms. The average molecular weight is 589 g/mol. The van der Waals surface area contributed by atoms with E-state index >= 15 is 0 Å². The topological polar surface area (TPSA) is 115 Å². The highest BCUT2D eigenvalue weighted by molar-refractivity contribution is 7.80. The van der Waals surface area contributed by atoms with E-state index < -0.39 is 4.92 Å². The largest absolute Gasteiger partial charge is 0.496 e. The number of halogens is 1. The van der Waals surface area contributed by atoms with Gasteiger partial charge in [-0.25, -0.2) is 4.39 Å². The monoisotopic (exact) mass is 588 g/mol. The maximum absolute atomic E-state index is 13.3. The summed E-state index contributed by atoms with van der Waals surface area (Å²) < 4.78 is 20.4. The Bertz CT molecular complexity index is 1640. The normalized spacial score (nSPS) is 16.3. The number of aromatic nitrogens is 2. The number of anilines is 1. The van der Waals surface area contributed by atoms with E-state index in [-0.39, 0.29) is 35.9 Å². The Morgan fingerprint density at radius 1 is 1.17 bits per heavy atom. The van der Waals surface area contributed by atoms with Crippen LogP contribution in [0.15, 0.2) is 72.9 Å². The molecule has 1 fully saturated rings. The van der Waals surface area contributed by atoms with E-state index in [1.165, 1.54) is 37.4 Å². The van der Waals surface area contributed by atoms with Gasteiger partial charge in [0.2, 0.25) is 5.91 Å². The molecule has 2 aromatic heterocycles. The Morgan fingerprint density at radius 2 is 1.93 bits per heavy atom. The van der Waals surface area contributed by atoms with E-state index in [1.807, 2.05) is 47.6 Å². The van der Waals surface area contributed by atoms with E-state index in [4.69, 9.17) is 17.0 Å². The number of amides is 1. The van der Waals surface area contributed by atoms with Crippen molar-refractivity contribution in [2.45, 2.75) is 32.4 Å². The third kappa shape index (κ3) is 5.66. The zero-order valence-corrected chi connectivity index (χ0v) is 24.0. The van der Waals surface area contributed by atoms with E-state index in [0.717, 1.165) is 22.6 Å². The molecule has 4 aromatic rings. The summed E-state index contributed by atoms with van der Waals surface area (Å²) in [7, 11) is 1.46. The summed E-state index contributed by atoms with van der Waals surface area (Å²) in [6.07, 6.45) is 1.83. The number of hydrogen-bond donors (Lipinski definition) is 2. The van der Waals surface area contributed by atoms with Gasteiger partial charge in [-0.1, -0.05) is 6.07 Å². The van der Waals surface area contributed by atoms with Crippen LogP contribution in [0.1, 0.15) is 41.1 Å². The van der Waals surface area contributed by atoms with Gasteiger partial charge < -0.3 is 24.8 Å². The van der Waals surface area contributed by atoms with Crippen molar-refractivity contribution in [3.8, 4) is 11.4 Å². The quantitative estimate of drug-likeness (QED) is 0.149. The summed E-state index contributed by atoms with van der Waals surface area (Å²) in [6, 6.07) is 17.3. The van der Waals surface area contributed by atoms with Gasteiger partial charge in [0.1, 0.15) is 17.3 Å². The van der Waals surface area contributed by atoms with Crippen LogP contribution in [0, 0.1) is 29.8 Å².